The number of hydrogen-bond donors (Lipinski definition) is 0. The van der Waals surface area contributed by atoms with Gasteiger partial charge in [-0.15, -0.1) is 11.8 Å². The Morgan fingerprint density at radius 1 is 1.10 bits per heavy atom. The molecule has 0 radical (unpaired) electrons. The van der Waals surface area contributed by atoms with Gasteiger partial charge in [0, 0.05) is 17.0 Å². The quantitative estimate of drug-likeness (QED) is 0.559. The van der Waals surface area contributed by atoms with E-state index in [1.807, 2.05) is 17.1 Å². The first-order valence-corrected chi connectivity index (χ1v) is 13.8. The van der Waals surface area contributed by atoms with Crippen molar-refractivity contribution in [2.24, 2.45) is 58.7 Å². The Hall–Kier alpha value is -0.770. The Morgan fingerprint density at radius 3 is 2.73 bits per heavy atom. The van der Waals surface area contributed by atoms with Gasteiger partial charge in [-0.1, -0.05) is 20.3 Å². The maximum Gasteiger partial charge on any atom is 0.158 e. The summed E-state index contributed by atoms with van der Waals surface area (Å²) in [6.07, 6.45) is 17.4. The van der Waals surface area contributed by atoms with Gasteiger partial charge in [0.15, 0.2) is 5.78 Å². The zero-order chi connectivity index (χ0) is 20.6. The van der Waals surface area contributed by atoms with Crippen molar-refractivity contribution in [2.75, 3.05) is 6.26 Å². The molecule has 4 heteroatoms. The van der Waals surface area contributed by atoms with E-state index in [1.54, 1.807) is 11.8 Å². The molecule has 0 N–H and O–H groups in total. The fraction of sp³-hybridized carbons (Fsp3) is 0.846. The van der Waals surface area contributed by atoms with Crippen LogP contribution in [0, 0.1) is 58.7 Å². The maximum absolute atomic E-state index is 13.6. The highest BCUT2D eigenvalue weighted by Crippen LogP contribution is 2.74. The summed E-state index contributed by atoms with van der Waals surface area (Å²) in [5.41, 5.74) is 0.260. The van der Waals surface area contributed by atoms with Crippen molar-refractivity contribution in [3.8, 4) is 0 Å². The average molecular weight is 427 g/mol. The van der Waals surface area contributed by atoms with Gasteiger partial charge < -0.3 is 0 Å². The van der Waals surface area contributed by atoms with Gasteiger partial charge in [-0.3, -0.25) is 9.48 Å². The molecule has 0 saturated heterocycles. The van der Waals surface area contributed by atoms with Gasteiger partial charge in [0.1, 0.15) is 0 Å². The summed E-state index contributed by atoms with van der Waals surface area (Å²) in [6, 6.07) is 0. The molecule has 5 fully saturated rings. The van der Waals surface area contributed by atoms with Crippen LogP contribution in [0.25, 0.3) is 0 Å². The van der Waals surface area contributed by atoms with E-state index in [4.69, 9.17) is 0 Å². The third kappa shape index (κ3) is 2.91. The van der Waals surface area contributed by atoms with Gasteiger partial charge >= 0.3 is 0 Å². The number of thioether (sulfide) groups is 1. The van der Waals surface area contributed by atoms with Crippen LogP contribution in [0.4, 0.5) is 0 Å². The molecule has 1 aromatic heterocycles. The summed E-state index contributed by atoms with van der Waals surface area (Å²) in [4.78, 5) is 14.7. The fourth-order valence-corrected chi connectivity index (χ4v) is 9.83. The van der Waals surface area contributed by atoms with E-state index in [-0.39, 0.29) is 5.41 Å². The largest absolute Gasteiger partial charge is 0.297 e. The Morgan fingerprint density at radius 2 is 1.93 bits per heavy atom. The fourth-order valence-electron chi connectivity index (χ4n) is 9.45. The minimum absolute atomic E-state index is 0.260. The monoisotopic (exact) mass is 426 g/mol. The van der Waals surface area contributed by atoms with Crippen LogP contribution in [-0.2, 0) is 11.3 Å². The van der Waals surface area contributed by atoms with E-state index in [9.17, 15) is 4.79 Å². The van der Waals surface area contributed by atoms with Crippen molar-refractivity contribution in [1.82, 2.24) is 9.78 Å². The van der Waals surface area contributed by atoms with Crippen LogP contribution >= 0.6 is 11.8 Å². The van der Waals surface area contributed by atoms with Gasteiger partial charge in [0.05, 0.1) is 12.7 Å². The van der Waals surface area contributed by atoms with Crippen molar-refractivity contribution in [3.05, 3.63) is 12.4 Å². The maximum atomic E-state index is 13.6. The smallest absolute Gasteiger partial charge is 0.158 e. The number of fused-ring (bicyclic) bond motifs is 7. The van der Waals surface area contributed by atoms with Gasteiger partial charge in [-0.05, 0) is 104 Å². The van der Waals surface area contributed by atoms with Crippen molar-refractivity contribution in [3.63, 3.8) is 0 Å². The molecule has 0 amide bonds. The third-order valence-corrected chi connectivity index (χ3v) is 11.2. The van der Waals surface area contributed by atoms with Crippen LogP contribution in [0.3, 0.4) is 0 Å². The zero-order valence-electron chi connectivity index (χ0n) is 18.9. The molecule has 5 saturated carbocycles. The molecule has 10 atom stereocenters. The molecule has 6 rings (SSSR count). The summed E-state index contributed by atoms with van der Waals surface area (Å²) < 4.78 is 1.89. The van der Waals surface area contributed by atoms with Crippen molar-refractivity contribution < 1.29 is 4.79 Å². The molecule has 1 heterocycles. The lowest BCUT2D eigenvalue weighted by atomic mass is 9.48. The standard InChI is InChI=1S/C26H38N2OS/c1-15-4-6-18-16(10-15)5-7-20-19(18)8-9-26(2)24(20)21-11-22(21)25(26)23(29)14-28-13-17(30-3)12-27-28/h12-13,15-16,18-22,24-25H,4-11,14H2,1-3H3/t15-,16+,18-,19+,20+,21+,22-,24?,25+,26-/m0/s1. The van der Waals surface area contributed by atoms with Gasteiger partial charge in [-0.25, -0.2) is 0 Å². The molecular weight excluding hydrogens is 388 g/mol. The summed E-state index contributed by atoms with van der Waals surface area (Å²) >= 11 is 1.70. The van der Waals surface area contributed by atoms with Crippen molar-refractivity contribution >= 4 is 17.5 Å². The van der Waals surface area contributed by atoms with Gasteiger partial charge in [-0.2, -0.15) is 5.10 Å². The molecule has 0 aliphatic heterocycles. The lowest BCUT2D eigenvalue weighted by molar-refractivity contribution is -0.134. The van der Waals surface area contributed by atoms with Crippen LogP contribution < -0.4 is 0 Å². The Kier molecular flexibility index (Phi) is 4.72. The second-order valence-corrected chi connectivity index (χ2v) is 12.8. The molecule has 1 unspecified atom stereocenters. The average Bonchev–Trinajstić information content (AvgIpc) is 3.24. The van der Waals surface area contributed by atoms with Gasteiger partial charge in [0.2, 0.25) is 0 Å². The summed E-state index contributed by atoms with van der Waals surface area (Å²) in [5, 5.41) is 4.46. The molecule has 0 spiro atoms. The van der Waals surface area contributed by atoms with Gasteiger partial charge in [0.25, 0.3) is 0 Å². The molecule has 5 aliphatic carbocycles. The minimum Gasteiger partial charge on any atom is -0.297 e. The predicted octanol–water partition coefficient (Wildman–Crippen LogP) is 5.93. The SMILES string of the molecule is CSc1cnn(CC(=O)[C@H]2[C@H]3C[C@H]3C3[C@@H]4CC[C@@H]5C[C@@H](C)CC[C@@H]5[C@H]4CC[C@@]32C)c1. The molecule has 0 bridgehead atoms. The van der Waals surface area contributed by atoms with E-state index < -0.39 is 0 Å². The summed E-state index contributed by atoms with van der Waals surface area (Å²) in [5.74, 6) is 7.99. The van der Waals surface area contributed by atoms with E-state index in [2.05, 4.69) is 25.2 Å². The number of aromatic nitrogens is 2. The number of carbonyl (C=O) groups is 1. The first-order chi connectivity index (χ1) is 14.5. The highest BCUT2D eigenvalue weighted by atomic mass is 32.2. The van der Waals surface area contributed by atoms with Crippen LogP contribution in [0.5, 0.6) is 0 Å². The Balaban J connectivity index is 1.22. The second kappa shape index (κ2) is 7.12. The van der Waals surface area contributed by atoms with E-state index in [0.29, 0.717) is 24.2 Å². The third-order valence-electron chi connectivity index (χ3n) is 10.5. The first-order valence-electron chi connectivity index (χ1n) is 12.6. The van der Waals surface area contributed by atoms with Crippen molar-refractivity contribution in [2.45, 2.75) is 76.7 Å². The second-order valence-electron chi connectivity index (χ2n) is 11.9. The zero-order valence-corrected chi connectivity index (χ0v) is 19.7. The topological polar surface area (TPSA) is 34.9 Å². The number of carbonyl (C=O) groups excluding carboxylic acids is 1. The number of hydrogen-bond acceptors (Lipinski definition) is 3. The highest BCUT2D eigenvalue weighted by Gasteiger charge is 2.70. The minimum atomic E-state index is 0.260. The Bertz CT molecular complexity index is 835. The van der Waals surface area contributed by atoms with Crippen LogP contribution in [0.1, 0.15) is 65.2 Å². The normalized spacial score (nSPS) is 49.0. The number of rotatable bonds is 4. The number of Topliss-reactive ketones (excluding diaryl/α,β-unsaturated/α-hetero) is 1. The lowest BCUT2D eigenvalue weighted by Gasteiger charge is -2.57. The number of ketones is 1. The Labute approximate surface area is 186 Å². The summed E-state index contributed by atoms with van der Waals surface area (Å²) in [7, 11) is 0. The molecule has 5 aliphatic rings. The van der Waals surface area contributed by atoms with E-state index >= 15 is 0 Å². The van der Waals surface area contributed by atoms with E-state index in [1.165, 1.54) is 51.4 Å². The first kappa shape index (κ1) is 19.9. The van der Waals surface area contributed by atoms with Crippen molar-refractivity contribution in [1.29, 1.82) is 0 Å². The molecule has 30 heavy (non-hydrogen) atoms. The molecule has 0 aromatic carbocycles. The highest BCUT2D eigenvalue weighted by molar-refractivity contribution is 7.98. The molecule has 3 nitrogen and oxygen atoms in total. The molecule has 1 aromatic rings. The summed E-state index contributed by atoms with van der Waals surface area (Å²) in [6.45, 7) is 5.48. The van der Waals surface area contributed by atoms with Crippen LogP contribution in [0.15, 0.2) is 17.3 Å². The lowest BCUT2D eigenvalue weighted by Crippen LogP contribution is -2.51. The molecule has 164 valence electrons. The van der Waals surface area contributed by atoms with Crippen LogP contribution in [0.2, 0.25) is 0 Å². The van der Waals surface area contributed by atoms with E-state index in [0.717, 1.165) is 46.3 Å². The molecular formula is C26H38N2OS. The predicted molar refractivity (Wildman–Crippen MR) is 121 cm³/mol. The van der Waals surface area contributed by atoms with Crippen LogP contribution in [-0.4, -0.2) is 21.8 Å². The number of nitrogens with zero attached hydrogens (tertiary/aromatic N) is 2.